The van der Waals surface area contributed by atoms with Gasteiger partial charge in [-0.3, -0.25) is 9.59 Å². The van der Waals surface area contributed by atoms with E-state index in [2.05, 4.69) is 5.73 Å². The number of nitrogens with two attached hydrogens (primary N) is 1. The van der Waals surface area contributed by atoms with Crippen LogP contribution in [-0.4, -0.2) is 22.9 Å². The van der Waals surface area contributed by atoms with Crippen molar-refractivity contribution in [2.45, 2.75) is 0 Å². The molecule has 6 nitrogen and oxygen atoms in total. The van der Waals surface area contributed by atoms with Crippen LogP contribution in [0.3, 0.4) is 0 Å². The molecule has 1 heterocycles. The number of primary amides is 1. The van der Waals surface area contributed by atoms with E-state index in [4.69, 9.17) is 23.2 Å². The van der Waals surface area contributed by atoms with Crippen molar-refractivity contribution in [3.63, 3.8) is 0 Å². The topological polar surface area (TPSA) is 92.5 Å². The molecule has 4 amide bonds. The molecular weight excluding hydrogens is 221 g/mol. The number of nitrogens with one attached hydrogen (secondary N) is 1. The molecule has 0 aromatic carbocycles. The zero-order chi connectivity index (χ0) is 10.2. The maximum absolute atomic E-state index is 11.0. The van der Waals surface area contributed by atoms with Gasteiger partial charge >= 0.3 is 6.03 Å². The first-order chi connectivity index (χ1) is 5.95. The van der Waals surface area contributed by atoms with Crippen molar-refractivity contribution < 1.29 is 14.4 Å². The number of halogens is 2. The second-order valence-corrected chi connectivity index (χ2v) is 2.81. The van der Waals surface area contributed by atoms with E-state index in [1.54, 1.807) is 5.43 Å². The van der Waals surface area contributed by atoms with Gasteiger partial charge in [0.1, 0.15) is 10.1 Å². The second kappa shape index (κ2) is 3.23. The molecule has 0 aliphatic carbocycles. The van der Waals surface area contributed by atoms with Crippen LogP contribution in [0.15, 0.2) is 10.1 Å². The van der Waals surface area contributed by atoms with Gasteiger partial charge in [0.2, 0.25) is 0 Å². The summed E-state index contributed by atoms with van der Waals surface area (Å²) in [5.41, 5.74) is 6.45. The number of carbonyl (C=O) groups is 3. The number of imide groups is 1. The monoisotopic (exact) mass is 223 g/mol. The van der Waals surface area contributed by atoms with Gasteiger partial charge in [0.05, 0.1) is 0 Å². The van der Waals surface area contributed by atoms with Crippen LogP contribution in [0.25, 0.3) is 0 Å². The molecule has 0 aromatic rings. The fourth-order valence-corrected chi connectivity index (χ4v) is 1.02. The van der Waals surface area contributed by atoms with Crippen molar-refractivity contribution in [1.29, 1.82) is 0 Å². The average Bonchev–Trinajstić information content (AvgIpc) is 2.22. The molecule has 0 saturated carbocycles. The van der Waals surface area contributed by atoms with Gasteiger partial charge in [-0.05, 0) is 0 Å². The van der Waals surface area contributed by atoms with Gasteiger partial charge < -0.3 is 5.73 Å². The molecule has 0 radical (unpaired) electrons. The number of hydrazine groups is 1. The summed E-state index contributed by atoms with van der Waals surface area (Å²) in [6.45, 7) is 0. The van der Waals surface area contributed by atoms with Crippen LogP contribution in [0.4, 0.5) is 4.79 Å². The van der Waals surface area contributed by atoms with Crippen LogP contribution in [0.5, 0.6) is 0 Å². The highest BCUT2D eigenvalue weighted by atomic mass is 35.5. The zero-order valence-electron chi connectivity index (χ0n) is 6.01. The van der Waals surface area contributed by atoms with Gasteiger partial charge in [0.15, 0.2) is 0 Å². The summed E-state index contributed by atoms with van der Waals surface area (Å²) < 4.78 is 0. The number of amides is 4. The summed E-state index contributed by atoms with van der Waals surface area (Å²) in [6, 6.07) is -1.06. The van der Waals surface area contributed by atoms with Crippen molar-refractivity contribution in [3.05, 3.63) is 10.1 Å². The third-order valence-electron chi connectivity index (χ3n) is 1.20. The smallest absolute Gasteiger partial charge is 0.331 e. The molecule has 0 fully saturated rings. The zero-order valence-corrected chi connectivity index (χ0v) is 7.52. The lowest BCUT2D eigenvalue weighted by Crippen LogP contribution is -2.48. The van der Waals surface area contributed by atoms with Crippen LogP contribution >= 0.6 is 23.2 Å². The SMILES string of the molecule is NC(=O)NN1C(=O)C(Cl)=C(Cl)C1=O. The Morgan fingerprint density at radius 3 is 1.92 bits per heavy atom. The Bertz CT molecular complexity index is 314. The molecule has 0 spiro atoms. The van der Waals surface area contributed by atoms with Crippen molar-refractivity contribution in [1.82, 2.24) is 10.4 Å². The van der Waals surface area contributed by atoms with Gasteiger partial charge in [-0.1, -0.05) is 23.2 Å². The fraction of sp³-hybridized carbons (Fsp3) is 0. The maximum Gasteiger partial charge on any atom is 0.331 e. The summed E-state index contributed by atoms with van der Waals surface area (Å²) >= 11 is 10.7. The van der Waals surface area contributed by atoms with E-state index in [0.717, 1.165) is 0 Å². The standard InChI is InChI=1S/C5H3Cl2N3O3/c6-1-2(7)4(12)10(3(1)11)9-5(8)13/h(H3,8,9,13). The van der Waals surface area contributed by atoms with E-state index in [-0.39, 0.29) is 0 Å². The quantitative estimate of drug-likeness (QED) is 0.595. The molecular formula is C5H3Cl2N3O3. The fourth-order valence-electron chi connectivity index (χ4n) is 0.688. The first kappa shape index (κ1) is 9.82. The highest BCUT2D eigenvalue weighted by Crippen LogP contribution is 2.24. The predicted molar refractivity (Wildman–Crippen MR) is 43.3 cm³/mol. The van der Waals surface area contributed by atoms with Crippen LogP contribution in [-0.2, 0) is 9.59 Å². The molecule has 3 N–H and O–H groups in total. The Balaban J connectivity index is 2.91. The minimum Gasteiger partial charge on any atom is -0.350 e. The number of urea groups is 1. The van der Waals surface area contributed by atoms with E-state index < -0.39 is 27.9 Å². The van der Waals surface area contributed by atoms with E-state index in [1.807, 2.05) is 0 Å². The number of nitrogens with zero attached hydrogens (tertiary/aromatic N) is 1. The molecule has 8 heteroatoms. The average molecular weight is 224 g/mol. The van der Waals surface area contributed by atoms with Gasteiger partial charge in [0.25, 0.3) is 11.8 Å². The van der Waals surface area contributed by atoms with Crippen molar-refractivity contribution >= 4 is 41.0 Å². The molecule has 0 atom stereocenters. The second-order valence-electron chi connectivity index (χ2n) is 2.05. The van der Waals surface area contributed by atoms with Crippen LogP contribution < -0.4 is 11.2 Å². The van der Waals surface area contributed by atoms with E-state index in [0.29, 0.717) is 5.01 Å². The Kier molecular flexibility index (Phi) is 2.44. The molecule has 1 aliphatic heterocycles. The summed E-state index contributed by atoms with van der Waals surface area (Å²) in [7, 11) is 0. The van der Waals surface area contributed by atoms with Gasteiger partial charge in [-0.2, -0.15) is 5.01 Å². The van der Waals surface area contributed by atoms with Crippen LogP contribution in [0.2, 0.25) is 0 Å². The minimum atomic E-state index is -1.06. The molecule has 13 heavy (non-hydrogen) atoms. The summed E-state index contributed by atoms with van der Waals surface area (Å²) in [5, 5.41) is -0.548. The number of rotatable bonds is 1. The Morgan fingerprint density at radius 2 is 1.62 bits per heavy atom. The molecule has 0 unspecified atom stereocenters. The molecule has 70 valence electrons. The summed E-state index contributed by atoms with van der Waals surface area (Å²) in [5.74, 6) is -1.81. The normalized spacial score (nSPS) is 16.9. The lowest BCUT2D eigenvalue weighted by Gasteiger charge is -2.12. The largest absolute Gasteiger partial charge is 0.350 e. The summed E-state index contributed by atoms with van der Waals surface area (Å²) in [4.78, 5) is 32.4. The minimum absolute atomic E-state index is 0.340. The number of hydrogen-bond acceptors (Lipinski definition) is 3. The summed E-state index contributed by atoms with van der Waals surface area (Å²) in [6.07, 6.45) is 0. The third kappa shape index (κ3) is 1.58. The predicted octanol–water partition coefficient (Wildman–Crippen LogP) is -0.372. The Labute approximate surface area is 82.2 Å². The number of carbonyl (C=O) groups excluding carboxylic acids is 3. The Hall–Kier alpha value is -1.27. The lowest BCUT2D eigenvalue weighted by atomic mass is 10.5. The van der Waals surface area contributed by atoms with E-state index >= 15 is 0 Å². The van der Waals surface area contributed by atoms with Gasteiger partial charge in [0, 0.05) is 0 Å². The molecule has 0 bridgehead atoms. The molecule has 1 rings (SSSR count). The molecule has 1 aliphatic rings. The first-order valence-electron chi connectivity index (χ1n) is 2.95. The third-order valence-corrected chi connectivity index (χ3v) is 1.99. The van der Waals surface area contributed by atoms with Gasteiger partial charge in [-0.25, -0.2) is 10.2 Å². The highest BCUT2D eigenvalue weighted by Gasteiger charge is 2.37. The highest BCUT2D eigenvalue weighted by molar-refractivity contribution is 6.58. The van der Waals surface area contributed by atoms with Crippen molar-refractivity contribution in [2.24, 2.45) is 5.73 Å². The van der Waals surface area contributed by atoms with E-state index in [9.17, 15) is 14.4 Å². The van der Waals surface area contributed by atoms with Gasteiger partial charge in [-0.15, -0.1) is 0 Å². The molecule has 0 saturated heterocycles. The Morgan fingerprint density at radius 1 is 1.23 bits per heavy atom. The first-order valence-corrected chi connectivity index (χ1v) is 3.71. The van der Waals surface area contributed by atoms with Crippen LogP contribution in [0, 0.1) is 0 Å². The van der Waals surface area contributed by atoms with Crippen molar-refractivity contribution in [2.75, 3.05) is 0 Å². The van der Waals surface area contributed by atoms with E-state index in [1.165, 1.54) is 0 Å². The lowest BCUT2D eigenvalue weighted by molar-refractivity contribution is -0.139. The maximum atomic E-state index is 11.0. The van der Waals surface area contributed by atoms with Crippen LogP contribution in [0.1, 0.15) is 0 Å². The molecule has 0 aromatic heterocycles. The number of hydrogen-bond donors (Lipinski definition) is 2. The van der Waals surface area contributed by atoms with Crippen molar-refractivity contribution in [3.8, 4) is 0 Å².